The summed E-state index contributed by atoms with van der Waals surface area (Å²) in [5.41, 5.74) is 3.98. The molecule has 3 heteroatoms. The van der Waals surface area contributed by atoms with Crippen molar-refractivity contribution in [2.45, 2.75) is 27.1 Å². The van der Waals surface area contributed by atoms with Crippen LogP contribution < -0.4 is 5.23 Å². The van der Waals surface area contributed by atoms with Crippen LogP contribution in [0.2, 0.25) is 6.82 Å². The minimum Gasteiger partial charge on any atom is -0.437 e. The van der Waals surface area contributed by atoms with Gasteiger partial charge in [-0.15, -0.1) is 0 Å². The summed E-state index contributed by atoms with van der Waals surface area (Å²) in [6.45, 7) is 6.80. The summed E-state index contributed by atoms with van der Waals surface area (Å²) in [7, 11) is -0.415. The number of aryl methyl sites for hydroxylation is 2. The van der Waals surface area contributed by atoms with Gasteiger partial charge in [-0.05, 0) is 50.3 Å². The molecular formula is C11H18BNO. The second kappa shape index (κ2) is 5.18. The van der Waals surface area contributed by atoms with Gasteiger partial charge in [0.05, 0.1) is 0 Å². The summed E-state index contributed by atoms with van der Waals surface area (Å²) in [6.07, 6.45) is 0.964. The summed E-state index contributed by atoms with van der Waals surface area (Å²) < 4.78 is 0. The summed E-state index contributed by atoms with van der Waals surface area (Å²) in [5, 5.41) is 12.0. The first-order valence-corrected chi connectivity index (χ1v) is 5.07. The van der Waals surface area contributed by atoms with Crippen LogP contribution in [0.3, 0.4) is 0 Å². The van der Waals surface area contributed by atoms with E-state index in [1.54, 1.807) is 6.82 Å². The van der Waals surface area contributed by atoms with Crippen molar-refractivity contribution in [2.75, 3.05) is 6.54 Å². The largest absolute Gasteiger partial charge is 0.437 e. The van der Waals surface area contributed by atoms with Crippen LogP contribution in [-0.2, 0) is 6.42 Å². The van der Waals surface area contributed by atoms with Gasteiger partial charge in [-0.25, -0.2) is 0 Å². The maximum absolute atomic E-state index is 9.02. The molecular weight excluding hydrogens is 173 g/mol. The second-order valence-corrected chi connectivity index (χ2v) is 3.80. The average molecular weight is 191 g/mol. The lowest BCUT2D eigenvalue weighted by molar-refractivity contribution is 0.554. The van der Waals surface area contributed by atoms with E-state index in [9.17, 15) is 0 Å². The summed E-state index contributed by atoms with van der Waals surface area (Å²) in [4.78, 5) is 0. The maximum atomic E-state index is 9.02. The molecule has 0 atom stereocenters. The molecule has 0 bridgehead atoms. The number of hydrogen-bond acceptors (Lipinski definition) is 2. The van der Waals surface area contributed by atoms with Crippen molar-refractivity contribution in [3.8, 4) is 0 Å². The molecule has 0 radical (unpaired) electrons. The van der Waals surface area contributed by atoms with Gasteiger partial charge in [0.1, 0.15) is 0 Å². The fourth-order valence-corrected chi connectivity index (χ4v) is 1.38. The molecule has 2 nitrogen and oxygen atoms in total. The molecule has 0 aliphatic rings. The molecule has 0 aliphatic carbocycles. The average Bonchev–Trinajstić information content (AvgIpc) is 2.10. The van der Waals surface area contributed by atoms with E-state index in [2.05, 4.69) is 37.3 Å². The van der Waals surface area contributed by atoms with Gasteiger partial charge in [-0.2, -0.15) is 0 Å². The Hall–Kier alpha value is -0.795. The molecule has 0 aliphatic heterocycles. The van der Waals surface area contributed by atoms with E-state index < -0.39 is 7.05 Å². The standard InChI is InChI=1S/C11H18BNO/c1-9-4-5-11(8-10(9)2)6-7-13-12(3)14/h4-5,8,13-14H,6-7H2,1-3H3. The molecule has 0 aromatic heterocycles. The smallest absolute Gasteiger partial charge is 0.373 e. The molecule has 1 aromatic rings. The topological polar surface area (TPSA) is 32.3 Å². The molecule has 0 fully saturated rings. The lowest BCUT2D eigenvalue weighted by Gasteiger charge is -2.06. The molecule has 0 unspecified atom stereocenters. The van der Waals surface area contributed by atoms with Crippen molar-refractivity contribution >= 4 is 7.05 Å². The van der Waals surface area contributed by atoms with Crippen molar-refractivity contribution in [1.29, 1.82) is 0 Å². The molecule has 76 valence electrons. The SMILES string of the molecule is CB(O)NCCc1ccc(C)c(C)c1. The fraction of sp³-hybridized carbons (Fsp3) is 0.455. The predicted molar refractivity (Wildman–Crippen MR) is 61.5 cm³/mol. The number of nitrogens with one attached hydrogen (secondary N) is 1. The van der Waals surface area contributed by atoms with Crippen LogP contribution in [0, 0.1) is 13.8 Å². The van der Waals surface area contributed by atoms with E-state index in [-0.39, 0.29) is 0 Å². The van der Waals surface area contributed by atoms with Crippen LogP contribution >= 0.6 is 0 Å². The maximum Gasteiger partial charge on any atom is 0.373 e. The first-order valence-electron chi connectivity index (χ1n) is 5.07. The molecule has 14 heavy (non-hydrogen) atoms. The lowest BCUT2D eigenvalue weighted by Crippen LogP contribution is -2.32. The van der Waals surface area contributed by atoms with E-state index in [1.165, 1.54) is 16.7 Å². The number of rotatable bonds is 4. The zero-order chi connectivity index (χ0) is 10.6. The quantitative estimate of drug-likeness (QED) is 0.707. The second-order valence-electron chi connectivity index (χ2n) is 3.80. The van der Waals surface area contributed by atoms with Crippen LogP contribution in [0.1, 0.15) is 16.7 Å². The third kappa shape index (κ3) is 3.52. The van der Waals surface area contributed by atoms with E-state index >= 15 is 0 Å². The van der Waals surface area contributed by atoms with Crippen LogP contribution in [0.15, 0.2) is 18.2 Å². The highest BCUT2D eigenvalue weighted by molar-refractivity contribution is 6.45. The molecule has 0 saturated carbocycles. The van der Waals surface area contributed by atoms with Gasteiger partial charge in [0.2, 0.25) is 0 Å². The highest BCUT2D eigenvalue weighted by atomic mass is 16.2. The molecule has 2 N–H and O–H groups in total. The molecule has 0 amide bonds. The minimum absolute atomic E-state index is 0.415. The summed E-state index contributed by atoms with van der Waals surface area (Å²) >= 11 is 0. The Morgan fingerprint density at radius 3 is 2.57 bits per heavy atom. The van der Waals surface area contributed by atoms with Gasteiger partial charge in [0.15, 0.2) is 0 Å². The third-order valence-electron chi connectivity index (χ3n) is 2.42. The number of benzene rings is 1. The van der Waals surface area contributed by atoms with Crippen molar-refractivity contribution < 1.29 is 5.02 Å². The highest BCUT2D eigenvalue weighted by Gasteiger charge is 2.01. The van der Waals surface area contributed by atoms with Crippen LogP contribution in [0.25, 0.3) is 0 Å². The van der Waals surface area contributed by atoms with Crippen LogP contribution in [0.5, 0.6) is 0 Å². The Morgan fingerprint density at radius 1 is 1.29 bits per heavy atom. The zero-order valence-corrected chi connectivity index (χ0v) is 9.17. The minimum atomic E-state index is -0.415. The van der Waals surface area contributed by atoms with Gasteiger partial charge in [-0.1, -0.05) is 18.2 Å². The first-order chi connectivity index (χ1) is 6.59. The zero-order valence-electron chi connectivity index (χ0n) is 9.17. The Labute approximate surface area is 86.5 Å². The van der Waals surface area contributed by atoms with Crippen molar-refractivity contribution in [3.63, 3.8) is 0 Å². The van der Waals surface area contributed by atoms with Crippen molar-refractivity contribution in [3.05, 3.63) is 34.9 Å². The normalized spacial score (nSPS) is 10.3. The van der Waals surface area contributed by atoms with Gasteiger partial charge < -0.3 is 10.3 Å². The van der Waals surface area contributed by atoms with E-state index in [0.717, 1.165) is 13.0 Å². The van der Waals surface area contributed by atoms with Gasteiger partial charge in [0.25, 0.3) is 0 Å². The van der Waals surface area contributed by atoms with E-state index in [4.69, 9.17) is 5.02 Å². The Bertz CT molecular complexity index is 299. The molecule has 1 aromatic carbocycles. The summed E-state index contributed by atoms with van der Waals surface area (Å²) in [5.74, 6) is 0. The van der Waals surface area contributed by atoms with Crippen molar-refractivity contribution in [1.82, 2.24) is 5.23 Å². The summed E-state index contributed by atoms with van der Waals surface area (Å²) in [6, 6.07) is 6.50. The first kappa shape index (κ1) is 11.3. The molecule has 0 heterocycles. The Balaban J connectivity index is 2.47. The van der Waals surface area contributed by atoms with Crippen molar-refractivity contribution in [2.24, 2.45) is 0 Å². The van der Waals surface area contributed by atoms with Gasteiger partial charge in [-0.3, -0.25) is 0 Å². The lowest BCUT2D eigenvalue weighted by atomic mass is 9.88. The number of hydrogen-bond donors (Lipinski definition) is 2. The van der Waals surface area contributed by atoms with E-state index in [1.807, 2.05) is 0 Å². The Morgan fingerprint density at radius 2 is 2.00 bits per heavy atom. The van der Waals surface area contributed by atoms with Crippen LogP contribution in [0.4, 0.5) is 0 Å². The molecule has 1 rings (SSSR count). The monoisotopic (exact) mass is 191 g/mol. The fourth-order valence-electron chi connectivity index (χ4n) is 1.38. The molecule has 0 saturated heterocycles. The van der Waals surface area contributed by atoms with Crippen LogP contribution in [-0.4, -0.2) is 18.6 Å². The van der Waals surface area contributed by atoms with Gasteiger partial charge >= 0.3 is 7.05 Å². The van der Waals surface area contributed by atoms with Gasteiger partial charge in [0, 0.05) is 0 Å². The Kier molecular flexibility index (Phi) is 4.17. The third-order valence-corrected chi connectivity index (χ3v) is 2.42. The highest BCUT2D eigenvalue weighted by Crippen LogP contribution is 2.09. The molecule has 0 spiro atoms. The predicted octanol–water partition coefficient (Wildman–Crippen LogP) is 1.55. The van der Waals surface area contributed by atoms with E-state index in [0.29, 0.717) is 0 Å².